The number of primary amides is 1. The van der Waals surface area contributed by atoms with E-state index >= 15 is 0 Å². The van der Waals surface area contributed by atoms with Gasteiger partial charge >= 0.3 is 0 Å². The number of nitrogens with one attached hydrogen (secondary N) is 1. The maximum atomic E-state index is 11.8. The third-order valence-corrected chi connectivity index (χ3v) is 2.86. The minimum Gasteiger partial charge on any atom is -0.368 e. The molecule has 7 heteroatoms. The molecule has 1 unspecified atom stereocenters. The van der Waals surface area contributed by atoms with E-state index in [-0.39, 0.29) is 5.76 Å². The largest absolute Gasteiger partial charge is 0.368 e. The molecule has 0 radical (unpaired) electrons. The lowest BCUT2D eigenvalue weighted by Crippen LogP contribution is -2.42. The van der Waals surface area contributed by atoms with Gasteiger partial charge in [0.1, 0.15) is 11.7 Å². The van der Waals surface area contributed by atoms with E-state index in [0.717, 1.165) is 5.56 Å². The summed E-state index contributed by atoms with van der Waals surface area (Å²) in [7, 11) is 0. The summed E-state index contributed by atoms with van der Waals surface area (Å²) >= 11 is 5.88. The predicted octanol–water partition coefficient (Wildman–Crippen LogP) is 1.60. The van der Waals surface area contributed by atoms with E-state index in [0.29, 0.717) is 10.7 Å². The summed E-state index contributed by atoms with van der Waals surface area (Å²) in [6.45, 7) is 1.48. The van der Waals surface area contributed by atoms with E-state index in [9.17, 15) is 9.59 Å². The Balaban J connectivity index is 2.17. The highest BCUT2D eigenvalue weighted by molar-refractivity contribution is 6.30. The second-order valence-electron chi connectivity index (χ2n) is 4.18. The first-order valence-electron chi connectivity index (χ1n) is 5.80. The van der Waals surface area contributed by atoms with Crippen LogP contribution in [0.25, 0.3) is 11.3 Å². The molecule has 1 aromatic heterocycles. The van der Waals surface area contributed by atoms with E-state index in [2.05, 4.69) is 10.5 Å². The molecule has 0 saturated carbocycles. The third kappa shape index (κ3) is 3.16. The van der Waals surface area contributed by atoms with Crippen LogP contribution in [0.1, 0.15) is 17.5 Å². The van der Waals surface area contributed by atoms with Crippen LogP contribution in [0.2, 0.25) is 5.02 Å². The van der Waals surface area contributed by atoms with Crippen LogP contribution in [0.5, 0.6) is 0 Å². The molecule has 0 bridgehead atoms. The molecule has 2 aromatic rings. The minimum absolute atomic E-state index is 0.00641. The first kappa shape index (κ1) is 14.1. The van der Waals surface area contributed by atoms with Gasteiger partial charge in [-0.3, -0.25) is 9.59 Å². The van der Waals surface area contributed by atoms with Crippen LogP contribution < -0.4 is 11.1 Å². The zero-order valence-corrected chi connectivity index (χ0v) is 11.3. The first-order valence-corrected chi connectivity index (χ1v) is 6.18. The van der Waals surface area contributed by atoms with Crippen molar-refractivity contribution in [2.75, 3.05) is 0 Å². The fraction of sp³-hybridized carbons (Fsp3) is 0.154. The van der Waals surface area contributed by atoms with Gasteiger partial charge in [0.25, 0.3) is 5.91 Å². The third-order valence-electron chi connectivity index (χ3n) is 2.63. The van der Waals surface area contributed by atoms with Gasteiger partial charge < -0.3 is 15.6 Å². The van der Waals surface area contributed by atoms with Crippen LogP contribution in [0.3, 0.4) is 0 Å². The second kappa shape index (κ2) is 5.75. The van der Waals surface area contributed by atoms with Crippen molar-refractivity contribution in [2.45, 2.75) is 13.0 Å². The van der Waals surface area contributed by atoms with Crippen molar-refractivity contribution in [1.29, 1.82) is 0 Å². The number of nitrogens with two attached hydrogens (primary N) is 1. The van der Waals surface area contributed by atoms with Crippen molar-refractivity contribution in [1.82, 2.24) is 10.5 Å². The van der Waals surface area contributed by atoms with Crippen molar-refractivity contribution in [3.63, 3.8) is 0 Å². The number of hydrogen-bond donors (Lipinski definition) is 2. The van der Waals surface area contributed by atoms with Crippen LogP contribution in [-0.4, -0.2) is 23.0 Å². The van der Waals surface area contributed by atoms with Crippen LogP contribution >= 0.6 is 11.6 Å². The Bertz CT molecular complexity index is 654. The van der Waals surface area contributed by atoms with Gasteiger partial charge in [0.05, 0.1) is 0 Å². The molecule has 104 valence electrons. The molecule has 20 heavy (non-hydrogen) atoms. The number of aromatic nitrogens is 1. The summed E-state index contributed by atoms with van der Waals surface area (Å²) in [5.74, 6) is -1.20. The zero-order valence-electron chi connectivity index (χ0n) is 10.6. The molecule has 1 aromatic carbocycles. The van der Waals surface area contributed by atoms with Gasteiger partial charge in [-0.15, -0.1) is 0 Å². The fourth-order valence-electron chi connectivity index (χ4n) is 1.50. The lowest BCUT2D eigenvalue weighted by molar-refractivity contribution is -0.119. The number of amides is 2. The number of nitrogens with zero attached hydrogens (tertiary/aromatic N) is 1. The number of halogens is 1. The van der Waals surface area contributed by atoms with Crippen molar-refractivity contribution in [2.24, 2.45) is 5.73 Å². The van der Waals surface area contributed by atoms with Crippen molar-refractivity contribution in [3.05, 3.63) is 41.1 Å². The SMILES string of the molecule is CC(NC(=O)c1cc(-c2cccc(Cl)c2)no1)C(N)=O. The predicted molar refractivity (Wildman–Crippen MR) is 73.1 cm³/mol. The van der Waals surface area contributed by atoms with Crippen molar-refractivity contribution < 1.29 is 14.1 Å². The number of rotatable bonds is 4. The second-order valence-corrected chi connectivity index (χ2v) is 4.62. The Kier molecular flexibility index (Phi) is 4.05. The molecule has 3 N–H and O–H groups in total. The Hall–Kier alpha value is -2.34. The molecule has 0 saturated heterocycles. The van der Waals surface area contributed by atoms with E-state index in [1.807, 2.05) is 0 Å². The summed E-state index contributed by atoms with van der Waals surface area (Å²) in [6, 6.07) is 7.66. The molecule has 0 spiro atoms. The average molecular weight is 294 g/mol. The van der Waals surface area contributed by atoms with Crippen LogP contribution in [-0.2, 0) is 4.79 Å². The van der Waals surface area contributed by atoms with Gasteiger partial charge in [-0.25, -0.2) is 0 Å². The van der Waals surface area contributed by atoms with Crippen LogP contribution in [0, 0.1) is 0 Å². The summed E-state index contributed by atoms with van der Waals surface area (Å²) < 4.78 is 4.94. The van der Waals surface area contributed by atoms with Crippen molar-refractivity contribution >= 4 is 23.4 Å². The summed E-state index contributed by atoms with van der Waals surface area (Å²) in [5.41, 5.74) is 6.26. The lowest BCUT2D eigenvalue weighted by atomic mass is 10.1. The number of benzene rings is 1. The highest BCUT2D eigenvalue weighted by Crippen LogP contribution is 2.22. The zero-order chi connectivity index (χ0) is 14.7. The summed E-state index contributed by atoms with van der Waals surface area (Å²) in [4.78, 5) is 22.7. The maximum Gasteiger partial charge on any atom is 0.290 e. The van der Waals surface area contributed by atoms with Gasteiger partial charge in [-0.05, 0) is 19.1 Å². The first-order chi connectivity index (χ1) is 9.47. The van der Waals surface area contributed by atoms with Crippen molar-refractivity contribution in [3.8, 4) is 11.3 Å². The quantitative estimate of drug-likeness (QED) is 0.894. The Morgan fingerprint density at radius 1 is 1.40 bits per heavy atom. The monoisotopic (exact) mass is 293 g/mol. The Morgan fingerprint density at radius 2 is 2.15 bits per heavy atom. The molecular weight excluding hydrogens is 282 g/mol. The van der Waals surface area contributed by atoms with E-state index in [4.69, 9.17) is 21.9 Å². The molecule has 0 fully saturated rings. The Labute approximate surface area is 119 Å². The molecule has 1 atom stereocenters. The summed E-state index contributed by atoms with van der Waals surface area (Å²) in [6.07, 6.45) is 0. The standard InChI is InChI=1S/C13H12ClN3O3/c1-7(12(15)18)16-13(19)11-6-10(17-20-11)8-3-2-4-9(14)5-8/h2-7H,1H3,(H2,15,18)(H,16,19). The smallest absolute Gasteiger partial charge is 0.290 e. The molecule has 0 aliphatic rings. The maximum absolute atomic E-state index is 11.8. The topological polar surface area (TPSA) is 98.2 Å². The van der Waals surface area contributed by atoms with Gasteiger partial charge in [0, 0.05) is 16.7 Å². The fourth-order valence-corrected chi connectivity index (χ4v) is 1.70. The van der Waals surface area contributed by atoms with E-state index in [1.54, 1.807) is 24.3 Å². The average Bonchev–Trinajstić information content (AvgIpc) is 2.88. The van der Waals surface area contributed by atoms with E-state index < -0.39 is 17.9 Å². The summed E-state index contributed by atoms with van der Waals surface area (Å²) in [5, 5.41) is 6.74. The van der Waals surface area contributed by atoms with Gasteiger partial charge in [0.2, 0.25) is 11.7 Å². The lowest BCUT2D eigenvalue weighted by Gasteiger charge is -2.07. The number of hydrogen-bond acceptors (Lipinski definition) is 4. The molecule has 6 nitrogen and oxygen atoms in total. The molecule has 2 amide bonds. The minimum atomic E-state index is -0.790. The van der Waals surface area contributed by atoms with E-state index in [1.165, 1.54) is 13.0 Å². The number of carbonyl (C=O) groups is 2. The molecule has 0 aliphatic heterocycles. The molecule has 1 heterocycles. The highest BCUT2D eigenvalue weighted by atomic mass is 35.5. The molecule has 0 aliphatic carbocycles. The normalized spacial score (nSPS) is 11.9. The van der Waals surface area contributed by atoms with Crippen LogP contribution in [0.4, 0.5) is 0 Å². The molecule has 2 rings (SSSR count). The molecular formula is C13H12ClN3O3. The van der Waals surface area contributed by atoms with Gasteiger partial charge in [-0.2, -0.15) is 0 Å². The van der Waals surface area contributed by atoms with Gasteiger partial charge in [0.15, 0.2) is 0 Å². The van der Waals surface area contributed by atoms with Crippen LogP contribution in [0.15, 0.2) is 34.9 Å². The number of carbonyl (C=O) groups excluding carboxylic acids is 2. The van der Waals surface area contributed by atoms with Gasteiger partial charge in [-0.1, -0.05) is 28.9 Å². The Morgan fingerprint density at radius 3 is 2.80 bits per heavy atom. The highest BCUT2D eigenvalue weighted by Gasteiger charge is 2.18.